The van der Waals surface area contributed by atoms with Gasteiger partial charge in [0.05, 0.1) is 5.56 Å². The molecule has 1 aliphatic heterocycles. The molecule has 5 nitrogen and oxygen atoms in total. The molecule has 9 heteroatoms. The van der Waals surface area contributed by atoms with Crippen LogP contribution in [-0.4, -0.2) is 47.5 Å². The number of nitrogens with zero attached hydrogens (tertiary/aromatic N) is 1. The van der Waals surface area contributed by atoms with E-state index in [9.17, 15) is 14.3 Å². The van der Waals surface area contributed by atoms with Gasteiger partial charge >= 0.3 is 0 Å². The van der Waals surface area contributed by atoms with Gasteiger partial charge in [-0.05, 0) is 54.2 Å². The third kappa shape index (κ3) is 6.99. The van der Waals surface area contributed by atoms with E-state index >= 15 is 0 Å². The van der Waals surface area contributed by atoms with E-state index in [1.165, 1.54) is 12.1 Å². The predicted molar refractivity (Wildman–Crippen MR) is 133 cm³/mol. The number of piperidine rings is 1. The fourth-order valence-corrected chi connectivity index (χ4v) is 4.78. The highest BCUT2D eigenvalue weighted by molar-refractivity contribution is 7.97. The number of hydrogen-bond donors (Lipinski definition) is 2. The number of ether oxygens (including phenoxy) is 1. The molecule has 1 amide bonds. The van der Waals surface area contributed by atoms with Crippen LogP contribution in [0.25, 0.3) is 0 Å². The van der Waals surface area contributed by atoms with Gasteiger partial charge in [-0.3, -0.25) is 14.4 Å². The third-order valence-electron chi connectivity index (χ3n) is 5.77. The van der Waals surface area contributed by atoms with Crippen molar-refractivity contribution in [2.24, 2.45) is 0 Å². The first kappa shape index (κ1) is 26.1. The monoisotopic (exact) mass is 514 g/mol. The Bertz CT molecular complexity index is 978. The van der Waals surface area contributed by atoms with Crippen molar-refractivity contribution in [3.8, 4) is 5.75 Å². The lowest BCUT2D eigenvalue weighted by Crippen LogP contribution is -2.47. The smallest absolute Gasteiger partial charge is 0.264 e. The third-order valence-corrected chi connectivity index (χ3v) is 6.60. The number of nitrogens with one attached hydrogen (secondary N) is 1. The van der Waals surface area contributed by atoms with Gasteiger partial charge in [-0.15, -0.1) is 0 Å². The normalized spacial score (nSPS) is 16.1. The topological polar surface area (TPSA) is 61.8 Å². The molecule has 180 valence electrons. The zero-order chi connectivity index (χ0) is 24.2. The number of aliphatic hydroxyl groups is 1. The number of benzene rings is 2. The molecule has 0 aromatic heterocycles. The minimum atomic E-state index is -1.01. The van der Waals surface area contributed by atoms with Gasteiger partial charge in [0.2, 0.25) is 0 Å². The first-order chi connectivity index (χ1) is 15.6. The summed E-state index contributed by atoms with van der Waals surface area (Å²) in [6.45, 7) is 6.02. The fraction of sp³-hybridized carbons (Fsp3) is 0.458. The van der Waals surface area contributed by atoms with E-state index in [0.29, 0.717) is 48.3 Å². The van der Waals surface area contributed by atoms with Crippen LogP contribution in [0, 0.1) is 5.82 Å². The van der Waals surface area contributed by atoms with Crippen LogP contribution in [0.5, 0.6) is 5.75 Å². The Hall–Kier alpha value is -1.51. The maximum absolute atomic E-state index is 14.6. The van der Waals surface area contributed by atoms with E-state index in [1.807, 2.05) is 26.0 Å². The lowest BCUT2D eigenvalue weighted by atomic mass is 9.92. The summed E-state index contributed by atoms with van der Waals surface area (Å²) >= 11 is 13.3. The van der Waals surface area contributed by atoms with Crippen LogP contribution in [0.2, 0.25) is 10.0 Å². The summed E-state index contributed by atoms with van der Waals surface area (Å²) in [7, 11) is 0. The molecule has 0 radical (unpaired) electrons. The molecule has 1 aliphatic rings. The zero-order valence-electron chi connectivity index (χ0n) is 19.0. The second-order valence-corrected chi connectivity index (χ2v) is 10.2. The van der Waals surface area contributed by atoms with Crippen molar-refractivity contribution in [3.63, 3.8) is 0 Å². The Morgan fingerprint density at radius 2 is 1.85 bits per heavy atom. The van der Waals surface area contributed by atoms with E-state index in [2.05, 4.69) is 9.62 Å². The van der Waals surface area contributed by atoms with Gasteiger partial charge in [-0.25, -0.2) is 4.39 Å². The molecule has 3 rings (SSSR count). The van der Waals surface area contributed by atoms with Gasteiger partial charge in [-0.2, -0.15) is 0 Å². The number of carbonyl (C=O) groups excluding carboxylic acids is 1. The maximum atomic E-state index is 14.6. The minimum absolute atomic E-state index is 0.0161. The second kappa shape index (κ2) is 11.3. The number of rotatable bonds is 8. The molecule has 2 N–H and O–H groups in total. The van der Waals surface area contributed by atoms with Crippen LogP contribution >= 0.6 is 35.1 Å². The summed E-state index contributed by atoms with van der Waals surface area (Å²) in [5, 5.41) is 12.3. The van der Waals surface area contributed by atoms with Crippen molar-refractivity contribution < 1.29 is 19.0 Å². The van der Waals surface area contributed by atoms with Crippen molar-refractivity contribution >= 4 is 41.1 Å². The van der Waals surface area contributed by atoms with Crippen molar-refractivity contribution in [1.82, 2.24) is 9.62 Å². The Morgan fingerprint density at radius 3 is 2.42 bits per heavy atom. The molecule has 0 aliphatic carbocycles. The second-order valence-electron chi connectivity index (χ2n) is 8.73. The molecular weight excluding hydrogens is 486 g/mol. The quantitative estimate of drug-likeness (QED) is 0.444. The van der Waals surface area contributed by atoms with Crippen molar-refractivity contribution in [2.45, 2.75) is 44.8 Å². The van der Waals surface area contributed by atoms with Crippen molar-refractivity contribution in [3.05, 3.63) is 62.9 Å². The van der Waals surface area contributed by atoms with E-state index in [4.69, 9.17) is 27.9 Å². The highest BCUT2D eigenvalue weighted by Gasteiger charge is 2.33. The lowest BCUT2D eigenvalue weighted by molar-refractivity contribution is -0.0539. The molecule has 0 unspecified atom stereocenters. The predicted octanol–water partition coefficient (Wildman–Crippen LogP) is 5.67. The summed E-state index contributed by atoms with van der Waals surface area (Å²) in [5.74, 6) is -0.765. The van der Waals surface area contributed by atoms with Gasteiger partial charge in [0.15, 0.2) is 0 Å². The molecule has 0 atom stereocenters. The molecule has 1 saturated heterocycles. The minimum Gasteiger partial charge on any atom is -0.490 e. The molecule has 0 bridgehead atoms. The van der Waals surface area contributed by atoms with Crippen molar-refractivity contribution in [2.75, 3.05) is 26.0 Å². The summed E-state index contributed by atoms with van der Waals surface area (Å²) in [5.41, 5.74) is 0.717. The van der Waals surface area contributed by atoms with Crippen LogP contribution in [0.15, 0.2) is 30.3 Å². The number of halogens is 3. The van der Waals surface area contributed by atoms with Crippen molar-refractivity contribution in [1.29, 1.82) is 0 Å². The molecule has 0 spiro atoms. The van der Waals surface area contributed by atoms with E-state index in [-0.39, 0.29) is 18.1 Å². The molecule has 0 saturated carbocycles. The SMILES string of the molecule is CSNC(=O)c1cc(C(C)C)c(OCC2(O)CCN(Cc3cc(Cl)cc(Cl)c3)CC2)cc1F. The highest BCUT2D eigenvalue weighted by Crippen LogP contribution is 2.32. The van der Waals surface area contributed by atoms with Crippen LogP contribution in [0.1, 0.15) is 54.1 Å². The molecule has 1 fully saturated rings. The Kier molecular flexibility index (Phi) is 8.92. The Balaban J connectivity index is 1.63. The standard InChI is InChI=1S/C24H29Cl2FN2O3S/c1-15(2)19-11-20(23(30)28-33-3)21(27)12-22(19)32-14-24(31)4-6-29(7-5-24)13-16-8-17(25)10-18(26)9-16/h8-12,15,31H,4-7,13-14H2,1-3H3,(H,28,30). The number of likely N-dealkylation sites (tertiary alicyclic amines) is 1. The zero-order valence-corrected chi connectivity index (χ0v) is 21.3. The lowest BCUT2D eigenvalue weighted by Gasteiger charge is -2.38. The molecule has 2 aromatic carbocycles. The number of carbonyl (C=O) groups is 1. The summed E-state index contributed by atoms with van der Waals surface area (Å²) in [6.07, 6.45) is 2.75. The molecule has 2 aromatic rings. The Labute approximate surface area is 208 Å². The molecule has 33 heavy (non-hydrogen) atoms. The van der Waals surface area contributed by atoms with Gasteiger partial charge in [0.1, 0.15) is 23.8 Å². The number of hydrogen-bond acceptors (Lipinski definition) is 5. The Morgan fingerprint density at radius 1 is 1.21 bits per heavy atom. The van der Waals surface area contributed by atoms with Crippen LogP contribution in [0.3, 0.4) is 0 Å². The van der Waals surface area contributed by atoms with Gasteiger partial charge < -0.3 is 9.84 Å². The van der Waals surface area contributed by atoms with Gasteiger partial charge in [0, 0.05) is 42.0 Å². The first-order valence-electron chi connectivity index (χ1n) is 10.8. The van der Waals surface area contributed by atoms with E-state index < -0.39 is 17.3 Å². The average molecular weight is 515 g/mol. The van der Waals surface area contributed by atoms with Gasteiger partial charge in [0.25, 0.3) is 5.91 Å². The molecular formula is C24H29Cl2FN2O3S. The summed E-state index contributed by atoms with van der Waals surface area (Å²) in [4.78, 5) is 14.4. The van der Waals surface area contributed by atoms with E-state index in [1.54, 1.807) is 12.3 Å². The van der Waals surface area contributed by atoms with E-state index in [0.717, 1.165) is 23.1 Å². The highest BCUT2D eigenvalue weighted by atomic mass is 35.5. The molecule has 1 heterocycles. The maximum Gasteiger partial charge on any atom is 0.264 e. The van der Waals surface area contributed by atoms with Gasteiger partial charge in [-0.1, -0.05) is 49.0 Å². The van der Waals surface area contributed by atoms with Crippen LogP contribution < -0.4 is 9.46 Å². The largest absolute Gasteiger partial charge is 0.490 e. The summed E-state index contributed by atoms with van der Waals surface area (Å²) < 4.78 is 23.1. The number of amides is 1. The van der Waals surface area contributed by atoms with Crippen LogP contribution in [-0.2, 0) is 6.54 Å². The summed E-state index contributed by atoms with van der Waals surface area (Å²) in [6, 6.07) is 8.26. The first-order valence-corrected chi connectivity index (χ1v) is 12.8. The average Bonchev–Trinajstić information content (AvgIpc) is 2.73. The fourth-order valence-electron chi connectivity index (χ4n) is 3.91. The van der Waals surface area contributed by atoms with Crippen LogP contribution in [0.4, 0.5) is 4.39 Å².